The first-order valence-corrected chi connectivity index (χ1v) is 11.1. The molecule has 176 valence electrons. The Labute approximate surface area is 192 Å². The van der Waals surface area contributed by atoms with E-state index in [1.807, 2.05) is 54.6 Å². The van der Waals surface area contributed by atoms with Crippen LogP contribution in [0.2, 0.25) is 0 Å². The summed E-state index contributed by atoms with van der Waals surface area (Å²) in [4.78, 5) is 19.3. The fourth-order valence-electron chi connectivity index (χ4n) is 5.12. The second kappa shape index (κ2) is 7.89. The summed E-state index contributed by atoms with van der Waals surface area (Å²) in [6, 6.07) is 16.8. The van der Waals surface area contributed by atoms with Gasteiger partial charge in [0.05, 0.1) is 17.7 Å². The first kappa shape index (κ1) is 23.3. The highest BCUT2D eigenvalue weighted by Gasteiger charge is 2.60. The van der Waals surface area contributed by atoms with Crippen LogP contribution < -0.4 is 0 Å². The molecule has 4 rings (SSSR count). The van der Waals surface area contributed by atoms with E-state index in [0.29, 0.717) is 5.71 Å². The highest BCUT2D eigenvalue weighted by Crippen LogP contribution is 2.53. The molecule has 2 aromatic carbocycles. The fraction of sp³-hybridized carbons (Fsp3) is 0.462. The predicted molar refractivity (Wildman–Crippen MR) is 122 cm³/mol. The zero-order valence-electron chi connectivity index (χ0n) is 19.4. The van der Waals surface area contributed by atoms with Crippen molar-refractivity contribution in [3.8, 4) is 0 Å². The lowest BCUT2D eigenvalue weighted by atomic mass is 9.58. The summed E-state index contributed by atoms with van der Waals surface area (Å²) in [6.45, 7) is 7.37. The molecule has 2 aliphatic rings. The Morgan fingerprint density at radius 2 is 1.70 bits per heavy atom. The molecule has 0 radical (unpaired) electrons. The Balaban J connectivity index is 1.87. The van der Waals surface area contributed by atoms with Crippen molar-refractivity contribution in [2.24, 2.45) is 4.99 Å². The molecular weight excluding hydrogens is 429 g/mol. The number of nitrogens with zero attached hydrogens (tertiary/aromatic N) is 2. The van der Waals surface area contributed by atoms with Crippen LogP contribution in [0.4, 0.5) is 18.0 Å². The molecule has 2 heterocycles. The summed E-state index contributed by atoms with van der Waals surface area (Å²) in [7, 11) is 0. The number of aliphatic imine (C=N–C) groups is 1. The Morgan fingerprint density at radius 3 is 2.33 bits per heavy atom. The van der Waals surface area contributed by atoms with E-state index in [4.69, 9.17) is 9.73 Å². The third kappa shape index (κ3) is 4.37. The van der Waals surface area contributed by atoms with Crippen LogP contribution in [0.5, 0.6) is 0 Å². The summed E-state index contributed by atoms with van der Waals surface area (Å²) >= 11 is 0. The molecule has 0 unspecified atom stereocenters. The van der Waals surface area contributed by atoms with Crippen molar-refractivity contribution in [1.29, 1.82) is 0 Å². The van der Waals surface area contributed by atoms with Crippen molar-refractivity contribution in [1.82, 2.24) is 4.90 Å². The fourth-order valence-corrected chi connectivity index (χ4v) is 5.12. The van der Waals surface area contributed by atoms with E-state index in [0.717, 1.165) is 16.7 Å². The maximum Gasteiger partial charge on any atom is 0.410 e. The zero-order chi connectivity index (χ0) is 24.1. The van der Waals surface area contributed by atoms with Gasteiger partial charge in [0, 0.05) is 29.6 Å². The molecule has 1 saturated heterocycles. The molecule has 1 amide bonds. The Morgan fingerprint density at radius 1 is 1.06 bits per heavy atom. The van der Waals surface area contributed by atoms with Crippen LogP contribution in [-0.4, -0.2) is 47.1 Å². The number of rotatable bonds is 2. The van der Waals surface area contributed by atoms with Crippen molar-refractivity contribution in [2.45, 2.75) is 63.3 Å². The van der Waals surface area contributed by atoms with Gasteiger partial charge < -0.3 is 9.64 Å². The molecule has 2 aromatic rings. The van der Waals surface area contributed by atoms with Crippen LogP contribution in [0.1, 0.15) is 57.2 Å². The number of carbonyl (C=O) groups is 1. The smallest absolute Gasteiger partial charge is 0.410 e. The van der Waals surface area contributed by atoms with E-state index in [9.17, 15) is 18.0 Å². The van der Waals surface area contributed by atoms with Gasteiger partial charge >= 0.3 is 12.3 Å². The molecule has 33 heavy (non-hydrogen) atoms. The summed E-state index contributed by atoms with van der Waals surface area (Å²) in [5, 5.41) is 0. The molecule has 0 saturated carbocycles. The molecule has 7 heteroatoms. The van der Waals surface area contributed by atoms with Gasteiger partial charge in [0.2, 0.25) is 0 Å². The molecule has 0 spiro atoms. The number of ether oxygens (including phenoxy) is 1. The third-order valence-corrected chi connectivity index (χ3v) is 6.62. The summed E-state index contributed by atoms with van der Waals surface area (Å²) in [6.07, 6.45) is -5.89. The topological polar surface area (TPSA) is 41.9 Å². The second-order valence-corrected chi connectivity index (χ2v) is 10.2. The van der Waals surface area contributed by atoms with E-state index in [2.05, 4.69) is 0 Å². The lowest BCUT2D eigenvalue weighted by Gasteiger charge is -2.55. The van der Waals surface area contributed by atoms with E-state index in [-0.39, 0.29) is 19.5 Å². The van der Waals surface area contributed by atoms with Gasteiger partial charge in [0.15, 0.2) is 0 Å². The van der Waals surface area contributed by atoms with Crippen LogP contribution in [0, 0.1) is 0 Å². The monoisotopic (exact) mass is 458 g/mol. The van der Waals surface area contributed by atoms with E-state index in [1.165, 1.54) is 4.90 Å². The van der Waals surface area contributed by atoms with Crippen molar-refractivity contribution in [2.75, 3.05) is 13.1 Å². The number of fused-ring (bicyclic) bond motifs is 3. The number of amides is 1. The molecule has 0 aromatic heterocycles. The maximum absolute atomic E-state index is 14.0. The van der Waals surface area contributed by atoms with E-state index < -0.39 is 35.2 Å². The molecule has 1 fully saturated rings. The maximum atomic E-state index is 14.0. The third-order valence-electron chi connectivity index (χ3n) is 6.62. The molecule has 0 N–H and O–H groups in total. The number of hydrogen-bond donors (Lipinski definition) is 0. The number of carbonyl (C=O) groups excluding carboxylic acids is 1. The van der Waals surface area contributed by atoms with Gasteiger partial charge in [-0.2, -0.15) is 13.2 Å². The number of alkyl halides is 3. The number of halogens is 3. The number of benzene rings is 2. The largest absolute Gasteiger partial charge is 0.444 e. The minimum Gasteiger partial charge on any atom is -0.444 e. The van der Waals surface area contributed by atoms with Crippen molar-refractivity contribution in [3.05, 3.63) is 71.3 Å². The Hall–Kier alpha value is -2.83. The molecular formula is C26H29F3N2O2. The SMILES string of the molecule is CC(C)(C)OC(=O)N1CC[C@]2(CC(F)(F)F)N=C(c3ccccc3)c3ccccc3[C@]2(C)C1. The molecule has 4 nitrogen and oxygen atoms in total. The number of piperidine rings is 1. The van der Waals surface area contributed by atoms with Crippen LogP contribution in [0.25, 0.3) is 0 Å². The zero-order valence-corrected chi connectivity index (χ0v) is 19.4. The molecule has 2 aliphatic heterocycles. The lowest BCUT2D eigenvalue weighted by molar-refractivity contribution is -0.158. The molecule has 2 atom stereocenters. The average Bonchev–Trinajstić information content (AvgIpc) is 2.72. The van der Waals surface area contributed by atoms with Gasteiger partial charge in [-0.05, 0) is 32.8 Å². The first-order chi connectivity index (χ1) is 15.3. The van der Waals surface area contributed by atoms with Gasteiger partial charge in [0.25, 0.3) is 0 Å². The van der Waals surface area contributed by atoms with Crippen molar-refractivity contribution < 1.29 is 22.7 Å². The summed E-state index contributed by atoms with van der Waals surface area (Å²) < 4.78 is 47.5. The van der Waals surface area contributed by atoms with Crippen molar-refractivity contribution >= 4 is 11.8 Å². The molecule has 0 aliphatic carbocycles. The second-order valence-electron chi connectivity index (χ2n) is 10.2. The number of hydrogen-bond acceptors (Lipinski definition) is 3. The number of likely N-dealkylation sites (tertiary alicyclic amines) is 1. The minimum absolute atomic E-state index is 0.0902. The normalized spacial score (nSPS) is 25.1. The van der Waals surface area contributed by atoms with Gasteiger partial charge in [-0.1, -0.05) is 61.5 Å². The Kier molecular flexibility index (Phi) is 5.58. The quantitative estimate of drug-likeness (QED) is 0.544. The Bertz CT molecular complexity index is 1070. The van der Waals surface area contributed by atoms with E-state index >= 15 is 0 Å². The van der Waals surface area contributed by atoms with E-state index in [1.54, 1.807) is 27.7 Å². The van der Waals surface area contributed by atoms with Crippen LogP contribution in [0.3, 0.4) is 0 Å². The summed E-state index contributed by atoms with van der Waals surface area (Å²) in [5.41, 5.74) is -0.231. The average molecular weight is 459 g/mol. The summed E-state index contributed by atoms with van der Waals surface area (Å²) in [5.74, 6) is 0. The van der Waals surface area contributed by atoms with Crippen LogP contribution in [0.15, 0.2) is 59.6 Å². The highest BCUT2D eigenvalue weighted by atomic mass is 19.4. The van der Waals surface area contributed by atoms with Crippen LogP contribution in [-0.2, 0) is 10.2 Å². The highest BCUT2D eigenvalue weighted by molar-refractivity contribution is 6.15. The minimum atomic E-state index is -4.41. The first-order valence-electron chi connectivity index (χ1n) is 11.1. The van der Waals surface area contributed by atoms with Gasteiger partial charge in [-0.3, -0.25) is 4.99 Å². The predicted octanol–water partition coefficient (Wildman–Crippen LogP) is 6.13. The standard InChI is InChI=1S/C26H29F3N2O2/c1-23(2,3)33-22(32)31-15-14-25(16-26(27,28)29)24(4,17-31)20-13-9-8-12-19(20)21(30-25)18-10-6-5-7-11-18/h5-13H,14-17H2,1-4H3/t24-,25+/m0/s1. The van der Waals surface area contributed by atoms with Gasteiger partial charge in [-0.25, -0.2) is 4.79 Å². The van der Waals surface area contributed by atoms with Gasteiger partial charge in [0.1, 0.15) is 5.60 Å². The lowest BCUT2D eigenvalue weighted by Crippen LogP contribution is -2.64. The van der Waals surface area contributed by atoms with Crippen LogP contribution >= 0.6 is 0 Å². The molecule has 0 bridgehead atoms. The van der Waals surface area contributed by atoms with Crippen molar-refractivity contribution in [3.63, 3.8) is 0 Å². The van der Waals surface area contributed by atoms with Gasteiger partial charge in [-0.15, -0.1) is 0 Å².